The van der Waals surface area contributed by atoms with E-state index in [0.717, 1.165) is 9.13 Å². The molecule has 0 fully saturated rings. The van der Waals surface area contributed by atoms with Crippen molar-refractivity contribution in [3.63, 3.8) is 0 Å². The molecule has 0 saturated heterocycles. The topological polar surface area (TPSA) is 46.3 Å². The van der Waals surface area contributed by atoms with Gasteiger partial charge in [-0.25, -0.2) is 4.39 Å². The van der Waals surface area contributed by atoms with Gasteiger partial charge >= 0.3 is 0 Å². The van der Waals surface area contributed by atoms with E-state index < -0.39 is 0 Å². The minimum absolute atomic E-state index is 0.0669. The van der Waals surface area contributed by atoms with Crippen molar-refractivity contribution in [3.8, 4) is 11.1 Å². The maximum Gasteiger partial charge on any atom is 0.255 e. The van der Waals surface area contributed by atoms with Gasteiger partial charge in [0.2, 0.25) is 0 Å². The number of anilines is 1. The van der Waals surface area contributed by atoms with Crippen LogP contribution in [0.2, 0.25) is 5.15 Å². The molecule has 1 atom stereocenters. The predicted octanol–water partition coefficient (Wildman–Crippen LogP) is 5.92. The second-order valence-corrected chi connectivity index (χ2v) is 9.74. The van der Waals surface area contributed by atoms with Crippen LogP contribution in [0.4, 0.5) is 10.2 Å². The van der Waals surface area contributed by atoms with Crippen LogP contribution < -0.4 is 4.90 Å². The van der Waals surface area contributed by atoms with Gasteiger partial charge in [-0.3, -0.25) is 0 Å². The first-order chi connectivity index (χ1) is 13.6. The Morgan fingerprint density at radius 3 is 2.62 bits per heavy atom. The van der Waals surface area contributed by atoms with Gasteiger partial charge in [-0.1, -0.05) is 38.4 Å². The van der Waals surface area contributed by atoms with Crippen molar-refractivity contribution in [1.29, 1.82) is 0 Å². The lowest BCUT2D eigenvalue weighted by atomic mass is 9.86. The Labute approximate surface area is 189 Å². The van der Waals surface area contributed by atoms with Gasteiger partial charge in [0.1, 0.15) is 23.1 Å². The molecule has 0 aliphatic rings. The van der Waals surface area contributed by atoms with Crippen LogP contribution in [0, 0.1) is 21.7 Å². The number of rotatable bonds is 5. The van der Waals surface area contributed by atoms with Crippen molar-refractivity contribution < 1.29 is 4.39 Å². The molecule has 0 aliphatic carbocycles. The third-order valence-electron chi connectivity index (χ3n) is 5.18. The first-order valence-corrected chi connectivity index (χ1v) is 10.7. The first kappa shape index (κ1) is 22.0. The quantitative estimate of drug-likeness (QED) is 0.235. The molecule has 154 valence electrons. The Kier molecular flexibility index (Phi) is 6.19. The molecule has 29 heavy (non-hydrogen) atoms. The van der Waals surface area contributed by atoms with Gasteiger partial charge in [0.05, 0.1) is 5.56 Å². The van der Waals surface area contributed by atoms with Crippen molar-refractivity contribution >= 4 is 45.8 Å². The Balaban J connectivity index is 2.43. The van der Waals surface area contributed by atoms with Gasteiger partial charge in [0, 0.05) is 21.7 Å². The van der Waals surface area contributed by atoms with Crippen LogP contribution in [0.3, 0.4) is 0 Å². The van der Waals surface area contributed by atoms with E-state index in [4.69, 9.17) is 11.6 Å². The zero-order valence-corrected chi connectivity index (χ0v) is 20.1. The maximum atomic E-state index is 15.2. The van der Waals surface area contributed by atoms with Crippen LogP contribution in [0.1, 0.15) is 33.3 Å². The first-order valence-electron chi connectivity index (χ1n) is 9.29. The second kappa shape index (κ2) is 8.18. The lowest BCUT2D eigenvalue weighted by Crippen LogP contribution is -2.43. The fourth-order valence-electron chi connectivity index (χ4n) is 3.34. The summed E-state index contributed by atoms with van der Waals surface area (Å²) in [6, 6.07) is 3.49. The fraction of sp³-hybridized carbons (Fsp3) is 0.381. The monoisotopic (exact) mass is 527 g/mol. The Morgan fingerprint density at radius 2 is 2.03 bits per heavy atom. The number of benzene rings is 1. The Hall–Kier alpha value is -1.74. The summed E-state index contributed by atoms with van der Waals surface area (Å²) < 4.78 is 17.6. The van der Waals surface area contributed by atoms with Crippen LogP contribution in [0.5, 0.6) is 0 Å². The highest BCUT2D eigenvalue weighted by Gasteiger charge is 2.32. The van der Waals surface area contributed by atoms with Gasteiger partial charge in [-0.15, -0.1) is 6.58 Å². The van der Waals surface area contributed by atoms with E-state index in [1.54, 1.807) is 4.52 Å². The van der Waals surface area contributed by atoms with E-state index in [-0.39, 0.29) is 22.4 Å². The third-order valence-corrected chi connectivity index (χ3v) is 6.08. The summed E-state index contributed by atoms with van der Waals surface area (Å²) in [5.41, 5.74) is 1.64. The highest BCUT2D eigenvalue weighted by atomic mass is 127. The van der Waals surface area contributed by atoms with Crippen LogP contribution in [0.15, 0.2) is 31.1 Å². The molecule has 5 nitrogen and oxygen atoms in total. The van der Waals surface area contributed by atoms with Crippen molar-refractivity contribution in [2.24, 2.45) is 5.41 Å². The molecule has 2 heterocycles. The molecule has 0 radical (unpaired) electrons. The van der Waals surface area contributed by atoms with Gasteiger partial charge in [-0.2, -0.15) is 19.6 Å². The zero-order chi connectivity index (χ0) is 21.5. The molecule has 0 saturated carbocycles. The summed E-state index contributed by atoms with van der Waals surface area (Å²) in [6.07, 6.45) is 3.25. The molecule has 0 bridgehead atoms. The van der Waals surface area contributed by atoms with Crippen molar-refractivity contribution in [2.75, 3.05) is 11.4 Å². The standard InChI is InChI=1S/C21H24ClFIN5/c1-7-8-28(13(3)21(4,5)6)19-17(16-12(2)9-14(24)10-15(16)23)18(22)27-20-25-11-26-29(19)20/h7,9-11,13H,1,8H2,2-6H3/t13-/m1/s1. The van der Waals surface area contributed by atoms with Gasteiger partial charge in [0.15, 0.2) is 0 Å². The molecule has 0 unspecified atom stereocenters. The van der Waals surface area contributed by atoms with Crippen molar-refractivity contribution in [1.82, 2.24) is 19.6 Å². The lowest BCUT2D eigenvalue weighted by molar-refractivity contribution is 0.323. The predicted molar refractivity (Wildman–Crippen MR) is 125 cm³/mol. The van der Waals surface area contributed by atoms with Gasteiger partial charge < -0.3 is 4.90 Å². The molecule has 0 aliphatic heterocycles. The molecular formula is C21H24ClFIN5. The minimum atomic E-state index is -0.346. The van der Waals surface area contributed by atoms with Crippen LogP contribution in [-0.4, -0.2) is 32.2 Å². The lowest BCUT2D eigenvalue weighted by Gasteiger charge is -2.39. The summed E-state index contributed by atoms with van der Waals surface area (Å²) in [6.45, 7) is 14.9. The van der Waals surface area contributed by atoms with E-state index >= 15 is 4.39 Å². The molecule has 3 rings (SSSR count). The molecule has 0 N–H and O–H groups in total. The average molecular weight is 528 g/mol. The summed E-state index contributed by atoms with van der Waals surface area (Å²) in [5, 5.41) is 4.57. The van der Waals surface area contributed by atoms with E-state index in [2.05, 4.69) is 76.8 Å². The highest BCUT2D eigenvalue weighted by Crippen LogP contribution is 2.42. The van der Waals surface area contributed by atoms with Crippen LogP contribution in [0.25, 0.3) is 16.9 Å². The molecule has 0 amide bonds. The molecule has 8 heteroatoms. The summed E-state index contributed by atoms with van der Waals surface area (Å²) >= 11 is 8.74. The molecular weight excluding hydrogens is 504 g/mol. The summed E-state index contributed by atoms with van der Waals surface area (Å²) in [4.78, 5) is 10.7. The van der Waals surface area contributed by atoms with Gasteiger partial charge in [-0.05, 0) is 59.5 Å². The average Bonchev–Trinajstić information content (AvgIpc) is 3.06. The Morgan fingerprint density at radius 1 is 1.34 bits per heavy atom. The van der Waals surface area contributed by atoms with E-state index in [9.17, 15) is 0 Å². The fourth-order valence-corrected chi connectivity index (χ4v) is 4.33. The molecule has 1 aromatic carbocycles. The number of nitrogens with zero attached hydrogens (tertiary/aromatic N) is 5. The molecule has 0 spiro atoms. The highest BCUT2D eigenvalue weighted by molar-refractivity contribution is 14.1. The Bertz CT molecular complexity index is 1050. The smallest absolute Gasteiger partial charge is 0.255 e. The van der Waals surface area contributed by atoms with E-state index in [1.165, 1.54) is 12.4 Å². The maximum absolute atomic E-state index is 15.2. The minimum Gasteiger partial charge on any atom is -0.349 e. The summed E-state index contributed by atoms with van der Waals surface area (Å²) in [7, 11) is 0. The van der Waals surface area contributed by atoms with E-state index in [0.29, 0.717) is 29.3 Å². The van der Waals surface area contributed by atoms with Crippen LogP contribution in [-0.2, 0) is 0 Å². The van der Waals surface area contributed by atoms with Crippen molar-refractivity contribution in [3.05, 3.63) is 51.2 Å². The molecule has 3 aromatic rings. The largest absolute Gasteiger partial charge is 0.349 e. The zero-order valence-electron chi connectivity index (χ0n) is 17.2. The SMILES string of the molecule is C=CCN(c1c(-c2c(C)cc(I)cc2F)c(Cl)nc2ncnn12)[C@H](C)C(C)(C)C. The van der Waals surface area contributed by atoms with E-state index in [1.807, 2.05) is 19.1 Å². The second-order valence-electron chi connectivity index (χ2n) is 8.14. The number of hydrogen-bond acceptors (Lipinski definition) is 4. The van der Waals surface area contributed by atoms with Crippen LogP contribution >= 0.6 is 34.2 Å². The number of aromatic nitrogens is 4. The van der Waals surface area contributed by atoms with Gasteiger partial charge in [0.25, 0.3) is 5.78 Å². The third kappa shape index (κ3) is 4.12. The number of hydrogen-bond donors (Lipinski definition) is 0. The molecule has 2 aromatic heterocycles. The summed E-state index contributed by atoms with van der Waals surface area (Å²) in [5.74, 6) is 0.677. The van der Waals surface area contributed by atoms with Crippen molar-refractivity contribution in [2.45, 2.75) is 40.7 Å². The number of halogens is 3. The normalized spacial score (nSPS) is 13.0. The number of aryl methyl sites for hydroxylation is 1. The number of fused-ring (bicyclic) bond motifs is 1.